The van der Waals surface area contributed by atoms with Crippen LogP contribution in [0.4, 0.5) is 0 Å². The minimum absolute atomic E-state index is 0.486. The molecule has 84 valence electrons. The summed E-state index contributed by atoms with van der Waals surface area (Å²) >= 11 is 1.97. The molecule has 1 aliphatic heterocycles. The van der Waals surface area contributed by atoms with Crippen LogP contribution < -0.4 is 10.0 Å². The van der Waals surface area contributed by atoms with Gasteiger partial charge in [-0.1, -0.05) is 0 Å². The largest absolute Gasteiger partial charge is 0.312 e. The third-order valence-corrected chi connectivity index (χ3v) is 4.03. The molecule has 1 aliphatic rings. The van der Waals surface area contributed by atoms with Crippen LogP contribution in [0.1, 0.15) is 12.8 Å². The van der Waals surface area contributed by atoms with Gasteiger partial charge in [-0.25, -0.2) is 13.1 Å². The van der Waals surface area contributed by atoms with Crippen molar-refractivity contribution in [1.29, 1.82) is 0 Å². The predicted octanol–water partition coefficient (Wildman–Crippen LogP) is 0.0208. The lowest BCUT2D eigenvalue weighted by molar-refractivity contribution is 0.507. The SMILES string of the molecule is CS(=O)(=O)NCCNC1CCCSC1. The fourth-order valence-electron chi connectivity index (χ4n) is 1.41. The molecule has 2 N–H and O–H groups in total. The molecule has 6 heteroatoms. The summed E-state index contributed by atoms with van der Waals surface area (Å²) in [5.41, 5.74) is 0. The van der Waals surface area contributed by atoms with E-state index < -0.39 is 10.0 Å². The van der Waals surface area contributed by atoms with Crippen LogP contribution in [0.25, 0.3) is 0 Å². The Morgan fingerprint density at radius 2 is 2.21 bits per heavy atom. The number of thioether (sulfide) groups is 1. The molecule has 1 rings (SSSR count). The van der Waals surface area contributed by atoms with Gasteiger partial charge in [0, 0.05) is 24.9 Å². The zero-order valence-corrected chi connectivity index (χ0v) is 10.1. The van der Waals surface area contributed by atoms with Gasteiger partial charge in [0.1, 0.15) is 0 Å². The molecule has 0 aromatic rings. The van der Waals surface area contributed by atoms with Gasteiger partial charge in [-0.3, -0.25) is 0 Å². The number of sulfonamides is 1. The highest BCUT2D eigenvalue weighted by Crippen LogP contribution is 2.16. The smallest absolute Gasteiger partial charge is 0.208 e. The van der Waals surface area contributed by atoms with Crippen molar-refractivity contribution in [3.63, 3.8) is 0 Å². The fourth-order valence-corrected chi connectivity index (χ4v) is 2.99. The molecule has 1 unspecified atom stereocenters. The Balaban J connectivity index is 2.03. The van der Waals surface area contributed by atoms with Gasteiger partial charge in [0.15, 0.2) is 0 Å². The van der Waals surface area contributed by atoms with Crippen molar-refractivity contribution in [1.82, 2.24) is 10.0 Å². The Labute approximate surface area is 90.3 Å². The maximum atomic E-state index is 10.7. The van der Waals surface area contributed by atoms with Crippen molar-refractivity contribution in [2.45, 2.75) is 18.9 Å². The summed E-state index contributed by atoms with van der Waals surface area (Å²) in [6, 6.07) is 0.565. The van der Waals surface area contributed by atoms with E-state index in [1.807, 2.05) is 11.8 Å². The van der Waals surface area contributed by atoms with Crippen molar-refractivity contribution in [3.8, 4) is 0 Å². The molecule has 1 fully saturated rings. The summed E-state index contributed by atoms with van der Waals surface area (Å²) in [5.74, 6) is 2.42. The van der Waals surface area contributed by atoms with Gasteiger partial charge >= 0.3 is 0 Å². The molecule has 1 saturated heterocycles. The summed E-state index contributed by atoms with van der Waals surface area (Å²) in [4.78, 5) is 0. The number of rotatable bonds is 5. The van der Waals surface area contributed by atoms with Crippen molar-refractivity contribution >= 4 is 21.8 Å². The van der Waals surface area contributed by atoms with E-state index in [2.05, 4.69) is 10.0 Å². The maximum Gasteiger partial charge on any atom is 0.208 e. The first kappa shape index (κ1) is 12.3. The van der Waals surface area contributed by atoms with Crippen molar-refractivity contribution < 1.29 is 8.42 Å². The Hall–Kier alpha value is 0.220. The van der Waals surface area contributed by atoms with Crippen LogP contribution in [0.2, 0.25) is 0 Å². The molecular weight excluding hydrogens is 220 g/mol. The average molecular weight is 238 g/mol. The Morgan fingerprint density at radius 3 is 2.79 bits per heavy atom. The zero-order valence-electron chi connectivity index (χ0n) is 8.45. The first-order valence-electron chi connectivity index (χ1n) is 4.84. The van der Waals surface area contributed by atoms with E-state index >= 15 is 0 Å². The van der Waals surface area contributed by atoms with E-state index in [0.29, 0.717) is 12.6 Å². The molecule has 1 heterocycles. The minimum Gasteiger partial charge on any atom is -0.312 e. The monoisotopic (exact) mass is 238 g/mol. The van der Waals surface area contributed by atoms with E-state index in [0.717, 1.165) is 12.3 Å². The topological polar surface area (TPSA) is 58.2 Å². The van der Waals surface area contributed by atoms with E-state index in [4.69, 9.17) is 0 Å². The maximum absolute atomic E-state index is 10.7. The van der Waals surface area contributed by atoms with E-state index in [1.165, 1.54) is 24.9 Å². The molecule has 0 amide bonds. The second kappa shape index (κ2) is 5.95. The van der Waals surface area contributed by atoms with E-state index in [-0.39, 0.29) is 0 Å². The highest BCUT2D eigenvalue weighted by Gasteiger charge is 2.12. The molecule has 4 nitrogen and oxygen atoms in total. The van der Waals surface area contributed by atoms with Gasteiger partial charge in [-0.2, -0.15) is 11.8 Å². The number of nitrogens with one attached hydrogen (secondary N) is 2. The Kier molecular flexibility index (Phi) is 5.22. The minimum atomic E-state index is -3.02. The van der Waals surface area contributed by atoms with Crippen LogP contribution in [0.3, 0.4) is 0 Å². The van der Waals surface area contributed by atoms with Gasteiger partial charge < -0.3 is 5.32 Å². The number of hydrogen-bond donors (Lipinski definition) is 2. The summed E-state index contributed by atoms with van der Waals surface area (Å²) in [6.45, 7) is 1.21. The lowest BCUT2D eigenvalue weighted by atomic mass is 10.2. The lowest BCUT2D eigenvalue weighted by Crippen LogP contribution is -2.39. The fraction of sp³-hybridized carbons (Fsp3) is 1.00. The molecule has 1 atom stereocenters. The molecule has 14 heavy (non-hydrogen) atoms. The highest BCUT2D eigenvalue weighted by molar-refractivity contribution is 7.99. The molecule has 0 aromatic carbocycles. The van der Waals surface area contributed by atoms with Crippen LogP contribution in [-0.4, -0.2) is 45.3 Å². The van der Waals surface area contributed by atoms with Crippen molar-refractivity contribution in [2.75, 3.05) is 30.9 Å². The zero-order chi connectivity index (χ0) is 10.4. The number of hydrogen-bond acceptors (Lipinski definition) is 4. The molecule has 0 radical (unpaired) electrons. The quantitative estimate of drug-likeness (QED) is 0.663. The van der Waals surface area contributed by atoms with Crippen LogP contribution >= 0.6 is 11.8 Å². The molecule has 0 aliphatic carbocycles. The van der Waals surface area contributed by atoms with Crippen LogP contribution in [0.15, 0.2) is 0 Å². The molecule has 0 saturated carbocycles. The Morgan fingerprint density at radius 1 is 1.43 bits per heavy atom. The first-order chi connectivity index (χ1) is 6.58. The first-order valence-corrected chi connectivity index (χ1v) is 7.88. The summed E-state index contributed by atoms with van der Waals surface area (Å²) in [6.07, 6.45) is 3.66. The van der Waals surface area contributed by atoms with Crippen LogP contribution in [0, 0.1) is 0 Å². The summed E-state index contributed by atoms with van der Waals surface area (Å²) < 4.78 is 23.9. The summed E-state index contributed by atoms with van der Waals surface area (Å²) in [7, 11) is -3.02. The van der Waals surface area contributed by atoms with Crippen LogP contribution in [0.5, 0.6) is 0 Å². The van der Waals surface area contributed by atoms with Gasteiger partial charge in [0.25, 0.3) is 0 Å². The normalized spacial score (nSPS) is 23.6. The Bertz CT molecular complexity index is 248. The van der Waals surface area contributed by atoms with Gasteiger partial charge in [-0.15, -0.1) is 0 Å². The average Bonchev–Trinajstić information content (AvgIpc) is 2.13. The third-order valence-electron chi connectivity index (χ3n) is 2.08. The van der Waals surface area contributed by atoms with Gasteiger partial charge in [0.05, 0.1) is 6.26 Å². The summed E-state index contributed by atoms with van der Waals surface area (Å²) in [5, 5.41) is 3.35. The predicted molar refractivity (Wildman–Crippen MR) is 61.2 cm³/mol. The second-order valence-electron chi connectivity index (χ2n) is 3.53. The molecular formula is C8H18N2O2S2. The molecule has 0 bridgehead atoms. The van der Waals surface area contributed by atoms with Gasteiger partial charge in [0.2, 0.25) is 10.0 Å². The lowest BCUT2D eigenvalue weighted by Gasteiger charge is -2.22. The highest BCUT2D eigenvalue weighted by atomic mass is 32.2. The van der Waals surface area contributed by atoms with Crippen molar-refractivity contribution in [2.24, 2.45) is 0 Å². The molecule has 0 aromatic heterocycles. The standard InChI is InChI=1S/C8H18N2O2S2/c1-14(11,12)10-5-4-9-8-3-2-6-13-7-8/h8-10H,2-7H2,1H3. The van der Waals surface area contributed by atoms with E-state index in [9.17, 15) is 8.42 Å². The van der Waals surface area contributed by atoms with Crippen molar-refractivity contribution in [3.05, 3.63) is 0 Å². The third kappa shape index (κ3) is 5.85. The van der Waals surface area contributed by atoms with E-state index in [1.54, 1.807) is 0 Å². The van der Waals surface area contributed by atoms with Crippen LogP contribution in [-0.2, 0) is 10.0 Å². The second-order valence-corrected chi connectivity index (χ2v) is 6.52. The molecule has 0 spiro atoms. The van der Waals surface area contributed by atoms with Gasteiger partial charge in [-0.05, 0) is 18.6 Å².